The van der Waals surface area contributed by atoms with Gasteiger partial charge in [-0.05, 0) is 24.3 Å². The van der Waals surface area contributed by atoms with Crippen molar-refractivity contribution in [2.75, 3.05) is 38.2 Å². The van der Waals surface area contributed by atoms with Gasteiger partial charge in [0.1, 0.15) is 5.75 Å². The zero-order valence-corrected chi connectivity index (χ0v) is 11.3. The zero-order chi connectivity index (χ0) is 13.8. The Balaban J connectivity index is 1.95. The third-order valence-corrected chi connectivity index (χ3v) is 3.31. The number of methoxy groups -OCH3 is 1. The molecule has 0 radical (unpaired) electrons. The van der Waals surface area contributed by atoms with Gasteiger partial charge in [0, 0.05) is 38.8 Å². The number of carbonyl (C=O) groups excluding carboxylic acids is 2. The number of amides is 1. The molecule has 2 rings (SSSR count). The lowest BCUT2D eigenvalue weighted by Gasteiger charge is -2.35. The molecular formula is C14H18N2O3. The lowest BCUT2D eigenvalue weighted by Crippen LogP contribution is -2.50. The number of nitrogens with zero attached hydrogens (tertiary/aromatic N) is 2. The molecule has 1 saturated heterocycles. The molecule has 0 aliphatic carbocycles. The first kappa shape index (κ1) is 13.4. The molecule has 0 bridgehead atoms. The minimum absolute atomic E-state index is 0.380. The Labute approximate surface area is 112 Å². The summed E-state index contributed by atoms with van der Waals surface area (Å²) < 4.78 is 5.12. The number of rotatable bonds is 3. The van der Waals surface area contributed by atoms with Gasteiger partial charge in [-0.1, -0.05) is 0 Å². The van der Waals surface area contributed by atoms with E-state index in [0.29, 0.717) is 13.1 Å². The fourth-order valence-electron chi connectivity index (χ4n) is 2.18. The normalized spacial score (nSPS) is 15.3. The maximum absolute atomic E-state index is 11.6. The van der Waals surface area contributed by atoms with Crippen LogP contribution >= 0.6 is 0 Å². The van der Waals surface area contributed by atoms with E-state index in [2.05, 4.69) is 4.90 Å². The summed E-state index contributed by atoms with van der Waals surface area (Å²) in [7, 11) is 1.64. The summed E-state index contributed by atoms with van der Waals surface area (Å²) in [5, 5.41) is 0. The van der Waals surface area contributed by atoms with Crippen LogP contribution in [0.25, 0.3) is 0 Å². The first-order chi connectivity index (χ1) is 9.11. The highest BCUT2D eigenvalue weighted by molar-refractivity contribution is 6.35. The van der Waals surface area contributed by atoms with Crippen molar-refractivity contribution in [3.05, 3.63) is 24.3 Å². The third kappa shape index (κ3) is 3.05. The zero-order valence-electron chi connectivity index (χ0n) is 11.3. The van der Waals surface area contributed by atoms with E-state index in [0.717, 1.165) is 24.5 Å². The summed E-state index contributed by atoms with van der Waals surface area (Å²) >= 11 is 0. The third-order valence-electron chi connectivity index (χ3n) is 3.31. The molecule has 1 aliphatic heterocycles. The topological polar surface area (TPSA) is 49.9 Å². The predicted molar refractivity (Wildman–Crippen MR) is 72.5 cm³/mol. The van der Waals surface area contributed by atoms with Gasteiger partial charge in [0.25, 0.3) is 5.91 Å². The van der Waals surface area contributed by atoms with Gasteiger partial charge in [-0.15, -0.1) is 0 Å². The molecule has 19 heavy (non-hydrogen) atoms. The monoisotopic (exact) mass is 262 g/mol. The van der Waals surface area contributed by atoms with E-state index in [1.165, 1.54) is 6.92 Å². The highest BCUT2D eigenvalue weighted by Crippen LogP contribution is 2.20. The molecular weight excluding hydrogens is 244 g/mol. The number of ether oxygens (including phenoxy) is 1. The lowest BCUT2D eigenvalue weighted by molar-refractivity contribution is -0.143. The number of hydrogen-bond acceptors (Lipinski definition) is 4. The molecule has 0 N–H and O–H groups in total. The van der Waals surface area contributed by atoms with Gasteiger partial charge in [-0.25, -0.2) is 0 Å². The number of benzene rings is 1. The summed E-state index contributed by atoms with van der Waals surface area (Å²) in [5.41, 5.74) is 1.11. The van der Waals surface area contributed by atoms with Gasteiger partial charge in [0.15, 0.2) is 0 Å². The van der Waals surface area contributed by atoms with E-state index in [4.69, 9.17) is 4.74 Å². The molecule has 0 saturated carbocycles. The van der Waals surface area contributed by atoms with Crippen molar-refractivity contribution in [3.8, 4) is 5.75 Å². The van der Waals surface area contributed by atoms with Crippen LogP contribution in [-0.4, -0.2) is 49.9 Å². The van der Waals surface area contributed by atoms with Crippen molar-refractivity contribution < 1.29 is 14.3 Å². The van der Waals surface area contributed by atoms with Gasteiger partial charge in [0.2, 0.25) is 5.78 Å². The second-order valence-electron chi connectivity index (χ2n) is 4.53. The molecule has 1 fully saturated rings. The van der Waals surface area contributed by atoms with Crippen molar-refractivity contribution in [1.29, 1.82) is 0 Å². The molecule has 0 unspecified atom stereocenters. The summed E-state index contributed by atoms with van der Waals surface area (Å²) in [6.07, 6.45) is 0. The summed E-state index contributed by atoms with van der Waals surface area (Å²) in [4.78, 5) is 26.4. The van der Waals surface area contributed by atoms with Crippen LogP contribution < -0.4 is 9.64 Å². The van der Waals surface area contributed by atoms with Crippen LogP contribution in [0.3, 0.4) is 0 Å². The van der Waals surface area contributed by atoms with Crippen LogP contribution in [0.5, 0.6) is 5.75 Å². The average Bonchev–Trinajstić information content (AvgIpc) is 2.46. The standard InChI is InChI=1S/C14H18N2O3/c1-11(17)14(18)16-9-7-15(8-10-16)12-3-5-13(19-2)6-4-12/h3-6H,7-10H2,1-2H3. The maximum atomic E-state index is 11.6. The molecule has 102 valence electrons. The molecule has 1 aliphatic rings. The molecule has 0 atom stereocenters. The van der Waals surface area contributed by atoms with Crippen molar-refractivity contribution >= 4 is 17.4 Å². The van der Waals surface area contributed by atoms with Crippen LogP contribution in [0.15, 0.2) is 24.3 Å². The number of piperazine rings is 1. The molecule has 1 heterocycles. The van der Waals surface area contributed by atoms with Crippen molar-refractivity contribution in [2.45, 2.75) is 6.92 Å². The molecule has 0 aromatic heterocycles. The Kier molecular flexibility index (Phi) is 4.04. The Morgan fingerprint density at radius 1 is 1.05 bits per heavy atom. The maximum Gasteiger partial charge on any atom is 0.289 e. The van der Waals surface area contributed by atoms with Crippen LogP contribution in [0.2, 0.25) is 0 Å². The van der Waals surface area contributed by atoms with Gasteiger partial charge in [-0.3, -0.25) is 9.59 Å². The second kappa shape index (κ2) is 5.73. The van der Waals surface area contributed by atoms with Gasteiger partial charge >= 0.3 is 0 Å². The largest absolute Gasteiger partial charge is 0.497 e. The first-order valence-corrected chi connectivity index (χ1v) is 6.30. The van der Waals surface area contributed by atoms with E-state index in [-0.39, 0.29) is 5.91 Å². The number of anilines is 1. The Hall–Kier alpha value is -2.04. The molecule has 1 aromatic rings. The molecule has 1 amide bonds. The molecule has 0 spiro atoms. The minimum atomic E-state index is -0.391. The fourth-order valence-corrected chi connectivity index (χ4v) is 2.18. The predicted octanol–water partition coefficient (Wildman–Crippen LogP) is 0.933. The van der Waals surface area contributed by atoms with Crippen LogP contribution in [-0.2, 0) is 9.59 Å². The second-order valence-corrected chi connectivity index (χ2v) is 4.53. The highest BCUT2D eigenvalue weighted by atomic mass is 16.5. The highest BCUT2D eigenvalue weighted by Gasteiger charge is 2.23. The summed E-state index contributed by atoms with van der Waals surface area (Å²) in [5.74, 6) is 0.0569. The molecule has 1 aromatic carbocycles. The Morgan fingerprint density at radius 2 is 1.63 bits per heavy atom. The number of carbonyl (C=O) groups is 2. The van der Waals surface area contributed by atoms with E-state index < -0.39 is 5.78 Å². The summed E-state index contributed by atoms with van der Waals surface area (Å²) in [6, 6.07) is 7.84. The molecule has 5 heteroatoms. The van der Waals surface area contributed by atoms with Crippen molar-refractivity contribution in [3.63, 3.8) is 0 Å². The van der Waals surface area contributed by atoms with E-state index in [1.54, 1.807) is 12.0 Å². The SMILES string of the molecule is COc1ccc(N2CCN(C(=O)C(C)=O)CC2)cc1. The number of ketones is 1. The quantitative estimate of drug-likeness (QED) is 0.760. The Bertz CT molecular complexity index is 462. The fraction of sp³-hybridized carbons (Fsp3) is 0.429. The average molecular weight is 262 g/mol. The molecule has 5 nitrogen and oxygen atoms in total. The van der Waals surface area contributed by atoms with Gasteiger partial charge in [0.05, 0.1) is 7.11 Å². The van der Waals surface area contributed by atoms with Gasteiger partial charge in [-0.2, -0.15) is 0 Å². The first-order valence-electron chi connectivity index (χ1n) is 6.30. The lowest BCUT2D eigenvalue weighted by atomic mass is 10.2. The van der Waals surface area contributed by atoms with Crippen molar-refractivity contribution in [2.24, 2.45) is 0 Å². The van der Waals surface area contributed by atoms with Crippen LogP contribution in [0.1, 0.15) is 6.92 Å². The van der Waals surface area contributed by atoms with Gasteiger partial charge < -0.3 is 14.5 Å². The number of Topliss-reactive ketones (excluding diaryl/α,β-unsaturated/α-hetero) is 1. The van der Waals surface area contributed by atoms with E-state index in [1.807, 2.05) is 24.3 Å². The smallest absolute Gasteiger partial charge is 0.289 e. The summed E-state index contributed by atoms with van der Waals surface area (Å²) in [6.45, 7) is 3.98. The van der Waals surface area contributed by atoms with Crippen LogP contribution in [0.4, 0.5) is 5.69 Å². The Morgan fingerprint density at radius 3 is 2.11 bits per heavy atom. The number of hydrogen-bond donors (Lipinski definition) is 0. The minimum Gasteiger partial charge on any atom is -0.497 e. The van der Waals surface area contributed by atoms with Crippen molar-refractivity contribution in [1.82, 2.24) is 4.90 Å². The van der Waals surface area contributed by atoms with E-state index in [9.17, 15) is 9.59 Å². The van der Waals surface area contributed by atoms with Crippen LogP contribution in [0, 0.1) is 0 Å². The van der Waals surface area contributed by atoms with E-state index >= 15 is 0 Å².